The monoisotopic (exact) mass is 550 g/mol. The van der Waals surface area contributed by atoms with E-state index in [4.69, 9.17) is 18.9 Å². The van der Waals surface area contributed by atoms with Gasteiger partial charge in [-0.15, -0.1) is 0 Å². The molecule has 1 unspecified atom stereocenters. The van der Waals surface area contributed by atoms with Crippen molar-refractivity contribution in [2.45, 2.75) is 33.7 Å². The standard InChI is InChI=1S/C28H26N2O8S/c1-6-36-22-13-18(7-12-21(22)38-17(4)32)14-23-26(33)30-25(19-8-10-20(11-9-19)37-16(3)31)24(27(34)35-5)15(2)29-28(30)39-23/h7-14,25H,6H2,1-5H3/b23-14+. The van der Waals surface area contributed by atoms with Gasteiger partial charge in [0.25, 0.3) is 5.56 Å². The third-order valence-corrected chi connectivity index (χ3v) is 6.69. The number of carbonyl (C=O) groups is 3. The maximum atomic E-state index is 13.7. The largest absolute Gasteiger partial charge is 0.490 e. The first-order valence-electron chi connectivity index (χ1n) is 12.0. The zero-order valence-corrected chi connectivity index (χ0v) is 22.8. The highest BCUT2D eigenvalue weighted by Crippen LogP contribution is 2.32. The molecule has 0 aliphatic carbocycles. The predicted molar refractivity (Wildman–Crippen MR) is 142 cm³/mol. The Kier molecular flexibility index (Phi) is 8.10. The van der Waals surface area contributed by atoms with E-state index in [1.54, 1.807) is 55.5 Å². The number of hydrogen-bond donors (Lipinski definition) is 0. The van der Waals surface area contributed by atoms with Gasteiger partial charge in [-0.05, 0) is 55.3 Å². The quantitative estimate of drug-likeness (QED) is 0.325. The van der Waals surface area contributed by atoms with Gasteiger partial charge in [-0.3, -0.25) is 19.0 Å². The molecule has 2 aromatic carbocycles. The Labute approximate surface area is 227 Å². The van der Waals surface area contributed by atoms with E-state index in [0.29, 0.717) is 44.3 Å². The third kappa shape index (κ3) is 5.83. The van der Waals surface area contributed by atoms with Crippen molar-refractivity contribution in [1.29, 1.82) is 0 Å². The summed E-state index contributed by atoms with van der Waals surface area (Å²) in [4.78, 5) is 54.3. The lowest BCUT2D eigenvalue weighted by Gasteiger charge is -2.24. The molecule has 11 heteroatoms. The lowest BCUT2D eigenvalue weighted by atomic mass is 9.96. The Bertz CT molecular complexity index is 1660. The number of aromatic nitrogens is 1. The molecule has 39 heavy (non-hydrogen) atoms. The molecule has 202 valence electrons. The fraction of sp³-hybridized carbons (Fsp3) is 0.250. The Morgan fingerprint density at radius 1 is 1.03 bits per heavy atom. The highest BCUT2D eigenvalue weighted by atomic mass is 32.1. The van der Waals surface area contributed by atoms with Crippen molar-refractivity contribution in [2.75, 3.05) is 13.7 Å². The number of hydrogen-bond acceptors (Lipinski definition) is 10. The summed E-state index contributed by atoms with van der Waals surface area (Å²) in [6, 6.07) is 10.7. The van der Waals surface area contributed by atoms with Crippen LogP contribution >= 0.6 is 11.3 Å². The molecule has 10 nitrogen and oxygen atoms in total. The Morgan fingerprint density at radius 2 is 1.72 bits per heavy atom. The molecule has 1 aliphatic rings. The van der Waals surface area contributed by atoms with E-state index >= 15 is 0 Å². The van der Waals surface area contributed by atoms with Crippen LogP contribution in [0.15, 0.2) is 63.5 Å². The predicted octanol–water partition coefficient (Wildman–Crippen LogP) is 2.66. The summed E-state index contributed by atoms with van der Waals surface area (Å²) in [5.41, 5.74) is 1.54. The minimum atomic E-state index is -0.812. The number of methoxy groups -OCH3 is 1. The number of nitrogens with zero attached hydrogens (tertiary/aromatic N) is 2. The second kappa shape index (κ2) is 11.5. The molecule has 0 fully saturated rings. The minimum absolute atomic E-state index is 0.223. The summed E-state index contributed by atoms with van der Waals surface area (Å²) < 4.78 is 22.8. The summed E-state index contributed by atoms with van der Waals surface area (Å²) in [7, 11) is 1.27. The number of esters is 3. The number of fused-ring (bicyclic) bond motifs is 1. The second-order valence-electron chi connectivity index (χ2n) is 8.47. The van der Waals surface area contributed by atoms with E-state index in [1.807, 2.05) is 6.92 Å². The SMILES string of the molecule is CCOc1cc(/C=c2/sc3n(c2=O)C(c2ccc(OC(C)=O)cc2)C(C(=O)OC)=C(C)N=3)ccc1OC(C)=O. The molecule has 4 rings (SSSR count). The fourth-order valence-electron chi connectivity index (χ4n) is 4.17. The number of benzene rings is 2. The lowest BCUT2D eigenvalue weighted by Crippen LogP contribution is -2.39. The topological polar surface area (TPSA) is 122 Å². The Morgan fingerprint density at radius 3 is 2.33 bits per heavy atom. The van der Waals surface area contributed by atoms with E-state index in [2.05, 4.69) is 4.99 Å². The number of carbonyl (C=O) groups excluding carboxylic acids is 3. The number of ether oxygens (including phenoxy) is 4. The summed E-state index contributed by atoms with van der Waals surface area (Å²) in [5, 5.41) is 0. The maximum Gasteiger partial charge on any atom is 0.338 e. The van der Waals surface area contributed by atoms with Gasteiger partial charge in [0.2, 0.25) is 0 Å². The van der Waals surface area contributed by atoms with Gasteiger partial charge in [0.05, 0.1) is 35.6 Å². The van der Waals surface area contributed by atoms with Gasteiger partial charge >= 0.3 is 17.9 Å². The third-order valence-electron chi connectivity index (χ3n) is 5.70. The van der Waals surface area contributed by atoms with Gasteiger partial charge < -0.3 is 18.9 Å². The van der Waals surface area contributed by atoms with Gasteiger partial charge in [0, 0.05) is 13.8 Å². The summed E-state index contributed by atoms with van der Waals surface area (Å²) in [5.74, 6) is -0.574. The van der Waals surface area contributed by atoms with Crippen molar-refractivity contribution in [3.05, 3.63) is 84.5 Å². The van der Waals surface area contributed by atoms with Crippen LogP contribution in [0.3, 0.4) is 0 Å². The zero-order valence-electron chi connectivity index (χ0n) is 22.0. The van der Waals surface area contributed by atoms with Gasteiger partial charge in [-0.2, -0.15) is 0 Å². The van der Waals surface area contributed by atoms with Crippen LogP contribution in [0, 0.1) is 0 Å². The number of allylic oxidation sites excluding steroid dienone is 1. The van der Waals surface area contributed by atoms with E-state index in [-0.39, 0.29) is 16.9 Å². The van der Waals surface area contributed by atoms with E-state index in [1.165, 1.54) is 36.9 Å². The van der Waals surface area contributed by atoms with Gasteiger partial charge in [-0.1, -0.05) is 29.5 Å². The zero-order chi connectivity index (χ0) is 28.3. The van der Waals surface area contributed by atoms with Gasteiger partial charge in [0.1, 0.15) is 5.75 Å². The molecule has 1 atom stereocenters. The maximum absolute atomic E-state index is 13.7. The van der Waals surface area contributed by atoms with E-state index in [0.717, 1.165) is 0 Å². The molecule has 0 saturated carbocycles. The molecule has 0 amide bonds. The average molecular weight is 551 g/mol. The van der Waals surface area contributed by atoms with Crippen molar-refractivity contribution in [3.8, 4) is 17.2 Å². The van der Waals surface area contributed by atoms with Crippen molar-refractivity contribution >= 4 is 35.3 Å². The molecular weight excluding hydrogens is 524 g/mol. The van der Waals surface area contributed by atoms with Crippen molar-refractivity contribution in [3.63, 3.8) is 0 Å². The molecular formula is C28H26N2O8S. The molecule has 1 aliphatic heterocycles. The molecule has 2 heterocycles. The fourth-order valence-corrected chi connectivity index (χ4v) is 5.21. The highest BCUT2D eigenvalue weighted by molar-refractivity contribution is 7.07. The van der Waals surface area contributed by atoms with Crippen molar-refractivity contribution in [1.82, 2.24) is 4.57 Å². The van der Waals surface area contributed by atoms with Crippen LogP contribution in [-0.2, 0) is 19.1 Å². The first-order valence-corrected chi connectivity index (χ1v) is 12.8. The van der Waals surface area contributed by atoms with Gasteiger partial charge in [0.15, 0.2) is 16.3 Å². The smallest absolute Gasteiger partial charge is 0.338 e. The van der Waals surface area contributed by atoms with Crippen LogP contribution < -0.4 is 29.1 Å². The van der Waals surface area contributed by atoms with E-state index < -0.39 is 23.9 Å². The highest BCUT2D eigenvalue weighted by Gasteiger charge is 2.33. The molecule has 0 bridgehead atoms. The molecule has 1 aromatic heterocycles. The van der Waals surface area contributed by atoms with Crippen molar-refractivity contribution in [2.24, 2.45) is 4.99 Å². The second-order valence-corrected chi connectivity index (χ2v) is 9.48. The molecule has 0 N–H and O–H groups in total. The van der Waals surface area contributed by atoms with E-state index in [9.17, 15) is 19.2 Å². The first-order chi connectivity index (χ1) is 18.6. The lowest BCUT2D eigenvalue weighted by molar-refractivity contribution is -0.136. The van der Waals surface area contributed by atoms with Gasteiger partial charge in [-0.25, -0.2) is 9.79 Å². The number of rotatable bonds is 7. The van der Waals surface area contributed by atoms with Crippen LogP contribution in [0.1, 0.15) is 44.9 Å². The van der Waals surface area contributed by atoms with Crippen LogP contribution in [0.4, 0.5) is 0 Å². The number of thiazole rings is 1. The first kappa shape index (κ1) is 27.5. The van der Waals surface area contributed by atoms with Crippen LogP contribution in [0.25, 0.3) is 6.08 Å². The van der Waals surface area contributed by atoms with Crippen LogP contribution in [-0.4, -0.2) is 36.2 Å². The average Bonchev–Trinajstić information content (AvgIpc) is 3.18. The minimum Gasteiger partial charge on any atom is -0.490 e. The molecule has 0 spiro atoms. The summed E-state index contributed by atoms with van der Waals surface area (Å²) >= 11 is 1.17. The molecule has 0 radical (unpaired) electrons. The Hall–Kier alpha value is -4.51. The van der Waals surface area contributed by atoms with Crippen molar-refractivity contribution < 1.29 is 33.3 Å². The Balaban J connectivity index is 1.86. The molecule has 3 aromatic rings. The summed E-state index contributed by atoms with van der Waals surface area (Å²) in [6.45, 7) is 6.45. The normalized spacial score (nSPS) is 14.8. The van der Waals surface area contributed by atoms with Crippen LogP contribution in [0.5, 0.6) is 17.2 Å². The molecule has 0 saturated heterocycles. The van der Waals surface area contributed by atoms with Crippen LogP contribution in [0.2, 0.25) is 0 Å². The summed E-state index contributed by atoms with van der Waals surface area (Å²) in [6.07, 6.45) is 1.68.